The van der Waals surface area contributed by atoms with Crippen LogP contribution in [0.3, 0.4) is 0 Å². The van der Waals surface area contributed by atoms with Gasteiger partial charge in [-0.3, -0.25) is 4.79 Å². The summed E-state index contributed by atoms with van der Waals surface area (Å²) in [5, 5.41) is 0. The smallest absolute Gasteiger partial charge is 0.251 e. The van der Waals surface area contributed by atoms with Crippen molar-refractivity contribution in [2.75, 3.05) is 19.7 Å². The minimum Gasteiger partial charge on any atom is -0.368 e. The number of ether oxygens (including phenoxy) is 1. The second-order valence-corrected chi connectivity index (χ2v) is 5.13. The van der Waals surface area contributed by atoms with Crippen molar-refractivity contribution in [3.8, 4) is 0 Å². The van der Waals surface area contributed by atoms with E-state index >= 15 is 0 Å². The predicted octanol–water partition coefficient (Wildman–Crippen LogP) is 2.48. The summed E-state index contributed by atoms with van der Waals surface area (Å²) in [5.41, 5.74) is 2.61. The molecule has 0 spiro atoms. The van der Waals surface area contributed by atoms with Gasteiger partial charge >= 0.3 is 0 Å². The summed E-state index contributed by atoms with van der Waals surface area (Å²) in [4.78, 5) is 14.1. The van der Waals surface area contributed by atoms with Crippen LogP contribution in [0.2, 0.25) is 0 Å². The van der Waals surface area contributed by atoms with Gasteiger partial charge in [-0.15, -0.1) is 0 Å². The zero-order valence-corrected chi connectivity index (χ0v) is 11.0. The lowest BCUT2D eigenvalue weighted by Gasteiger charge is -2.28. The van der Waals surface area contributed by atoms with Crippen molar-refractivity contribution >= 4 is 11.5 Å². The van der Waals surface area contributed by atoms with E-state index in [4.69, 9.17) is 4.74 Å². The maximum absolute atomic E-state index is 12.2. The summed E-state index contributed by atoms with van der Waals surface area (Å²) in [6.45, 7) is 2.25. The van der Waals surface area contributed by atoms with E-state index in [-0.39, 0.29) is 12.0 Å². The van der Waals surface area contributed by atoms with Crippen molar-refractivity contribution in [2.24, 2.45) is 0 Å². The van der Waals surface area contributed by atoms with Crippen LogP contribution in [0, 0.1) is 0 Å². The Morgan fingerprint density at radius 3 is 2.74 bits per heavy atom. The number of carbonyl (C=O) groups is 1. The molecule has 0 aliphatic carbocycles. The number of rotatable bonds is 2. The van der Waals surface area contributed by atoms with Crippen molar-refractivity contribution < 1.29 is 9.53 Å². The first kappa shape index (κ1) is 12.4. The topological polar surface area (TPSA) is 29.5 Å². The van der Waals surface area contributed by atoms with Gasteiger partial charge in [0.1, 0.15) is 6.10 Å². The van der Waals surface area contributed by atoms with E-state index in [1.54, 1.807) is 0 Å². The highest BCUT2D eigenvalue weighted by Crippen LogP contribution is 2.23. The highest BCUT2D eigenvalue weighted by molar-refractivity contribution is 5.82. The minimum absolute atomic E-state index is 0.167. The molecule has 0 radical (unpaired) electrons. The molecule has 1 aromatic carbocycles. The molecule has 0 unspecified atom stereocenters. The molecule has 0 N–H and O–H groups in total. The van der Waals surface area contributed by atoms with Gasteiger partial charge in [-0.05, 0) is 30.4 Å². The molecule has 2 heterocycles. The molecule has 3 nitrogen and oxygen atoms in total. The second kappa shape index (κ2) is 5.57. The predicted molar refractivity (Wildman–Crippen MR) is 74.6 cm³/mol. The summed E-state index contributed by atoms with van der Waals surface area (Å²) in [5.74, 6) is 0.167. The molecule has 3 rings (SSSR count). The van der Waals surface area contributed by atoms with Crippen LogP contribution >= 0.6 is 0 Å². The van der Waals surface area contributed by atoms with E-state index in [0.717, 1.165) is 32.4 Å². The SMILES string of the molecule is O=C([C@H]1CCCO1)N1CC=C(c2ccccc2)CC1. The highest BCUT2D eigenvalue weighted by Gasteiger charge is 2.28. The number of hydrogen-bond acceptors (Lipinski definition) is 2. The largest absolute Gasteiger partial charge is 0.368 e. The van der Waals surface area contributed by atoms with Gasteiger partial charge in [-0.1, -0.05) is 36.4 Å². The molecule has 0 saturated carbocycles. The van der Waals surface area contributed by atoms with Crippen LogP contribution in [0.5, 0.6) is 0 Å². The van der Waals surface area contributed by atoms with Crippen LogP contribution in [0.25, 0.3) is 5.57 Å². The summed E-state index contributed by atoms with van der Waals surface area (Å²) in [6.07, 6.45) is 4.81. The standard InChI is InChI=1S/C16H19NO2/c18-16(15-7-4-12-19-15)17-10-8-14(9-11-17)13-5-2-1-3-6-13/h1-3,5-6,8,15H,4,7,9-12H2/t15-/m1/s1. The fraction of sp³-hybridized carbons (Fsp3) is 0.438. The van der Waals surface area contributed by atoms with E-state index in [1.807, 2.05) is 11.0 Å². The maximum Gasteiger partial charge on any atom is 0.251 e. The van der Waals surface area contributed by atoms with E-state index in [9.17, 15) is 4.79 Å². The number of hydrogen-bond donors (Lipinski definition) is 0. The Morgan fingerprint density at radius 1 is 1.26 bits per heavy atom. The fourth-order valence-corrected chi connectivity index (χ4v) is 2.76. The maximum atomic E-state index is 12.2. The summed E-state index contributed by atoms with van der Waals surface area (Å²) in [6, 6.07) is 10.4. The average molecular weight is 257 g/mol. The van der Waals surface area contributed by atoms with E-state index in [2.05, 4.69) is 30.3 Å². The van der Waals surface area contributed by atoms with Gasteiger partial charge in [-0.25, -0.2) is 0 Å². The van der Waals surface area contributed by atoms with Crippen molar-refractivity contribution in [3.05, 3.63) is 42.0 Å². The summed E-state index contributed by atoms with van der Waals surface area (Å²) in [7, 11) is 0. The molecule has 3 heteroatoms. The van der Waals surface area contributed by atoms with E-state index in [0.29, 0.717) is 6.54 Å². The Morgan fingerprint density at radius 2 is 2.11 bits per heavy atom. The monoisotopic (exact) mass is 257 g/mol. The van der Waals surface area contributed by atoms with Gasteiger partial charge in [0.05, 0.1) is 0 Å². The van der Waals surface area contributed by atoms with Gasteiger partial charge in [0.25, 0.3) is 5.91 Å². The van der Waals surface area contributed by atoms with Crippen molar-refractivity contribution in [1.29, 1.82) is 0 Å². The number of amides is 1. The quantitative estimate of drug-likeness (QED) is 0.814. The molecule has 1 atom stereocenters. The van der Waals surface area contributed by atoms with E-state index in [1.165, 1.54) is 11.1 Å². The van der Waals surface area contributed by atoms with E-state index < -0.39 is 0 Å². The third kappa shape index (κ3) is 2.71. The Bertz CT molecular complexity index is 475. The van der Waals surface area contributed by atoms with Crippen molar-refractivity contribution in [3.63, 3.8) is 0 Å². The third-order valence-electron chi connectivity index (χ3n) is 3.87. The lowest BCUT2D eigenvalue weighted by Crippen LogP contribution is -2.41. The van der Waals surface area contributed by atoms with Gasteiger partial charge in [-0.2, -0.15) is 0 Å². The fourth-order valence-electron chi connectivity index (χ4n) is 2.76. The first-order chi connectivity index (χ1) is 9.34. The third-order valence-corrected chi connectivity index (χ3v) is 3.87. The normalized spacial score (nSPS) is 23.3. The molecule has 1 fully saturated rings. The van der Waals surface area contributed by atoms with Gasteiger partial charge in [0.2, 0.25) is 0 Å². The second-order valence-electron chi connectivity index (χ2n) is 5.13. The van der Waals surface area contributed by atoms with Crippen LogP contribution in [0.1, 0.15) is 24.8 Å². The van der Waals surface area contributed by atoms with Crippen LogP contribution < -0.4 is 0 Å². The molecule has 1 saturated heterocycles. The van der Waals surface area contributed by atoms with Crippen molar-refractivity contribution in [1.82, 2.24) is 4.90 Å². The average Bonchev–Trinajstić information content (AvgIpc) is 3.02. The zero-order chi connectivity index (χ0) is 13.1. The Balaban J connectivity index is 1.65. The molecule has 1 aromatic rings. The lowest BCUT2D eigenvalue weighted by molar-refractivity contribution is -0.140. The Hall–Kier alpha value is -1.61. The number of benzene rings is 1. The summed E-state index contributed by atoms with van der Waals surface area (Å²) < 4.78 is 5.47. The molecule has 2 aliphatic heterocycles. The first-order valence-corrected chi connectivity index (χ1v) is 6.99. The Labute approximate surface area is 113 Å². The van der Waals surface area contributed by atoms with Gasteiger partial charge in [0.15, 0.2) is 0 Å². The minimum atomic E-state index is -0.188. The molecule has 0 bridgehead atoms. The van der Waals surface area contributed by atoms with Crippen LogP contribution in [-0.2, 0) is 9.53 Å². The highest BCUT2D eigenvalue weighted by atomic mass is 16.5. The molecular formula is C16H19NO2. The number of nitrogens with zero attached hydrogens (tertiary/aromatic N) is 1. The molecule has 0 aromatic heterocycles. The Kier molecular flexibility index (Phi) is 3.65. The van der Waals surface area contributed by atoms with Crippen molar-refractivity contribution in [2.45, 2.75) is 25.4 Å². The molecular weight excluding hydrogens is 238 g/mol. The number of carbonyl (C=O) groups excluding carboxylic acids is 1. The van der Waals surface area contributed by atoms with Crippen LogP contribution in [0.15, 0.2) is 36.4 Å². The first-order valence-electron chi connectivity index (χ1n) is 6.99. The summed E-state index contributed by atoms with van der Waals surface area (Å²) >= 11 is 0. The molecule has 19 heavy (non-hydrogen) atoms. The zero-order valence-electron chi connectivity index (χ0n) is 11.0. The van der Waals surface area contributed by atoms with Gasteiger partial charge < -0.3 is 9.64 Å². The van der Waals surface area contributed by atoms with Crippen LogP contribution in [0.4, 0.5) is 0 Å². The van der Waals surface area contributed by atoms with Crippen LogP contribution in [-0.4, -0.2) is 36.6 Å². The molecule has 1 amide bonds. The van der Waals surface area contributed by atoms with Gasteiger partial charge in [0, 0.05) is 19.7 Å². The molecule has 100 valence electrons. The lowest BCUT2D eigenvalue weighted by atomic mass is 9.99. The molecule has 2 aliphatic rings.